The minimum atomic E-state index is -3.49. The molecule has 20 heavy (non-hydrogen) atoms. The number of ether oxygens (including phenoxy) is 1. The standard InChI is InChI=1S/C13H21N3O3S/c1-13(4-5-19-9-13)16-20(17,18)12-6-11(15-8-12)7-14-10-2-3-10/h6,8,10,14-16H,2-5,7,9H2,1H3. The molecule has 3 rings (SSSR count). The molecule has 6 nitrogen and oxygen atoms in total. The van der Waals surface area contributed by atoms with E-state index in [1.54, 1.807) is 12.3 Å². The molecule has 1 aliphatic heterocycles. The highest BCUT2D eigenvalue weighted by molar-refractivity contribution is 7.89. The summed E-state index contributed by atoms with van der Waals surface area (Å²) in [6, 6.07) is 2.29. The molecular formula is C13H21N3O3S. The summed E-state index contributed by atoms with van der Waals surface area (Å²) in [7, 11) is -3.49. The molecule has 1 aromatic rings. The highest BCUT2D eigenvalue weighted by atomic mass is 32.2. The van der Waals surface area contributed by atoms with Gasteiger partial charge in [0.25, 0.3) is 0 Å². The van der Waals surface area contributed by atoms with Crippen LogP contribution in [0.5, 0.6) is 0 Å². The zero-order valence-electron chi connectivity index (χ0n) is 11.6. The first kappa shape index (κ1) is 14.1. The number of nitrogens with one attached hydrogen (secondary N) is 3. The molecule has 1 saturated carbocycles. The van der Waals surface area contributed by atoms with Crippen molar-refractivity contribution in [1.82, 2.24) is 15.0 Å². The fourth-order valence-electron chi connectivity index (χ4n) is 2.35. The fourth-order valence-corrected chi connectivity index (χ4v) is 3.79. The van der Waals surface area contributed by atoms with Gasteiger partial charge in [0, 0.05) is 31.1 Å². The third-order valence-electron chi connectivity index (χ3n) is 3.78. The molecule has 3 N–H and O–H groups in total. The van der Waals surface area contributed by atoms with Gasteiger partial charge in [-0.25, -0.2) is 13.1 Å². The maximum Gasteiger partial charge on any atom is 0.242 e. The lowest BCUT2D eigenvalue weighted by Gasteiger charge is -2.22. The van der Waals surface area contributed by atoms with Crippen LogP contribution < -0.4 is 10.0 Å². The minimum absolute atomic E-state index is 0.290. The Balaban J connectivity index is 1.66. The van der Waals surface area contributed by atoms with Crippen LogP contribution >= 0.6 is 0 Å². The molecule has 1 saturated heterocycles. The van der Waals surface area contributed by atoms with E-state index in [1.807, 2.05) is 6.92 Å². The zero-order chi connectivity index (χ0) is 14.2. The first-order chi connectivity index (χ1) is 9.47. The smallest absolute Gasteiger partial charge is 0.242 e. The summed E-state index contributed by atoms with van der Waals surface area (Å²) in [5, 5.41) is 3.35. The summed E-state index contributed by atoms with van der Waals surface area (Å²) in [6.45, 7) is 3.58. The average molecular weight is 299 g/mol. The van der Waals surface area contributed by atoms with Gasteiger partial charge in [-0.3, -0.25) is 0 Å². The van der Waals surface area contributed by atoms with E-state index in [0.29, 0.717) is 37.1 Å². The SMILES string of the molecule is CC1(NS(=O)(=O)c2c[nH]c(CNC3CC3)c2)CCOC1. The third-order valence-corrected chi connectivity index (χ3v) is 5.40. The maximum absolute atomic E-state index is 12.4. The van der Waals surface area contributed by atoms with Crippen LogP contribution in [0, 0.1) is 0 Å². The van der Waals surface area contributed by atoms with Gasteiger partial charge < -0.3 is 15.0 Å². The Hall–Kier alpha value is -0.890. The lowest BCUT2D eigenvalue weighted by molar-refractivity contribution is 0.178. The van der Waals surface area contributed by atoms with Gasteiger partial charge in [0.2, 0.25) is 10.0 Å². The maximum atomic E-state index is 12.4. The van der Waals surface area contributed by atoms with Gasteiger partial charge in [-0.2, -0.15) is 0 Å². The summed E-state index contributed by atoms with van der Waals surface area (Å²) in [5.41, 5.74) is 0.396. The number of rotatable bonds is 6. The number of sulfonamides is 1. The predicted octanol–water partition coefficient (Wildman–Crippen LogP) is 0.724. The van der Waals surface area contributed by atoms with Crippen molar-refractivity contribution in [3.05, 3.63) is 18.0 Å². The van der Waals surface area contributed by atoms with E-state index in [-0.39, 0.29) is 0 Å². The van der Waals surface area contributed by atoms with Crippen LogP contribution in [0.3, 0.4) is 0 Å². The topological polar surface area (TPSA) is 83.2 Å². The number of aromatic nitrogens is 1. The van der Waals surface area contributed by atoms with Crippen LogP contribution in [-0.2, 0) is 21.3 Å². The second-order valence-electron chi connectivity index (χ2n) is 5.98. The van der Waals surface area contributed by atoms with Crippen LogP contribution in [0.2, 0.25) is 0 Å². The second-order valence-corrected chi connectivity index (χ2v) is 7.67. The van der Waals surface area contributed by atoms with Crippen LogP contribution in [0.4, 0.5) is 0 Å². The Labute approximate surface area is 119 Å². The van der Waals surface area contributed by atoms with E-state index in [2.05, 4.69) is 15.0 Å². The van der Waals surface area contributed by atoms with E-state index in [1.165, 1.54) is 12.8 Å². The third kappa shape index (κ3) is 3.22. The van der Waals surface area contributed by atoms with E-state index >= 15 is 0 Å². The zero-order valence-corrected chi connectivity index (χ0v) is 12.4. The van der Waals surface area contributed by atoms with Gasteiger partial charge in [0.1, 0.15) is 0 Å². The number of aromatic amines is 1. The molecule has 2 heterocycles. The highest BCUT2D eigenvalue weighted by Gasteiger charge is 2.34. The van der Waals surface area contributed by atoms with Crippen molar-refractivity contribution in [2.24, 2.45) is 0 Å². The molecule has 0 aromatic carbocycles. The Morgan fingerprint density at radius 3 is 2.95 bits per heavy atom. The highest BCUT2D eigenvalue weighted by Crippen LogP contribution is 2.22. The molecule has 1 aliphatic carbocycles. The van der Waals surface area contributed by atoms with E-state index in [9.17, 15) is 8.42 Å². The van der Waals surface area contributed by atoms with Crippen LogP contribution in [0.25, 0.3) is 0 Å². The summed E-state index contributed by atoms with van der Waals surface area (Å²) in [6.07, 6.45) is 4.68. The monoisotopic (exact) mass is 299 g/mol. The van der Waals surface area contributed by atoms with Gasteiger partial charge in [-0.15, -0.1) is 0 Å². The number of hydrogen-bond donors (Lipinski definition) is 3. The van der Waals surface area contributed by atoms with Gasteiger partial charge in [0.05, 0.1) is 17.0 Å². The molecule has 1 unspecified atom stereocenters. The molecule has 1 aromatic heterocycles. The summed E-state index contributed by atoms with van der Waals surface area (Å²) in [4.78, 5) is 3.31. The van der Waals surface area contributed by atoms with Crippen molar-refractivity contribution in [1.29, 1.82) is 0 Å². The molecule has 1 atom stereocenters. The largest absolute Gasteiger partial charge is 0.379 e. The van der Waals surface area contributed by atoms with E-state index in [0.717, 1.165) is 5.69 Å². The molecule has 7 heteroatoms. The van der Waals surface area contributed by atoms with E-state index < -0.39 is 15.6 Å². The molecule has 0 spiro atoms. The Kier molecular flexibility index (Phi) is 3.62. The molecular weight excluding hydrogens is 278 g/mol. The van der Waals surface area contributed by atoms with Crippen molar-refractivity contribution in [3.63, 3.8) is 0 Å². The normalized spacial score (nSPS) is 27.1. The Morgan fingerprint density at radius 1 is 1.50 bits per heavy atom. The molecule has 112 valence electrons. The van der Waals surface area contributed by atoms with Crippen molar-refractivity contribution in [2.75, 3.05) is 13.2 Å². The van der Waals surface area contributed by atoms with Crippen LogP contribution in [0.15, 0.2) is 17.2 Å². The van der Waals surface area contributed by atoms with Crippen molar-refractivity contribution < 1.29 is 13.2 Å². The fraction of sp³-hybridized carbons (Fsp3) is 0.692. The number of H-pyrrole nitrogens is 1. The van der Waals surface area contributed by atoms with Crippen LogP contribution in [0.1, 0.15) is 31.9 Å². The first-order valence-electron chi connectivity index (χ1n) is 6.99. The van der Waals surface area contributed by atoms with Crippen molar-refractivity contribution >= 4 is 10.0 Å². The van der Waals surface area contributed by atoms with Gasteiger partial charge in [0.15, 0.2) is 0 Å². The predicted molar refractivity (Wildman–Crippen MR) is 74.8 cm³/mol. The minimum Gasteiger partial charge on any atom is -0.379 e. The summed E-state index contributed by atoms with van der Waals surface area (Å²) < 4.78 is 32.7. The quantitative estimate of drug-likeness (QED) is 0.723. The Bertz CT molecular complexity index is 571. The summed E-state index contributed by atoms with van der Waals surface area (Å²) in [5.74, 6) is 0. The van der Waals surface area contributed by atoms with E-state index in [4.69, 9.17) is 4.74 Å². The van der Waals surface area contributed by atoms with Crippen molar-refractivity contribution in [3.8, 4) is 0 Å². The molecule has 0 bridgehead atoms. The summed E-state index contributed by atoms with van der Waals surface area (Å²) >= 11 is 0. The molecule has 2 fully saturated rings. The number of hydrogen-bond acceptors (Lipinski definition) is 4. The van der Waals surface area contributed by atoms with Crippen LogP contribution in [-0.4, -0.2) is 38.2 Å². The lowest BCUT2D eigenvalue weighted by Crippen LogP contribution is -2.46. The van der Waals surface area contributed by atoms with Gasteiger partial charge in [-0.05, 0) is 32.3 Å². The molecule has 2 aliphatic rings. The van der Waals surface area contributed by atoms with Crippen molar-refractivity contribution in [2.45, 2.75) is 49.2 Å². The second kappa shape index (κ2) is 5.14. The molecule has 0 radical (unpaired) electrons. The van der Waals surface area contributed by atoms with Gasteiger partial charge in [-0.1, -0.05) is 0 Å². The first-order valence-corrected chi connectivity index (χ1v) is 8.48. The average Bonchev–Trinajstić information content (AvgIpc) is 2.90. The Morgan fingerprint density at radius 2 is 2.30 bits per heavy atom. The molecule has 0 amide bonds. The van der Waals surface area contributed by atoms with Gasteiger partial charge >= 0.3 is 0 Å². The lowest BCUT2D eigenvalue weighted by atomic mass is 10.0.